The molecule has 0 unspecified atom stereocenters. The maximum absolute atomic E-state index is 12.3. The third-order valence-electron chi connectivity index (χ3n) is 3.95. The summed E-state index contributed by atoms with van der Waals surface area (Å²) in [5, 5.41) is 11.7. The minimum absolute atomic E-state index is 0.0988. The number of halogens is 2. The van der Waals surface area contributed by atoms with Gasteiger partial charge in [0.2, 0.25) is 0 Å². The van der Waals surface area contributed by atoms with Crippen LogP contribution in [0.1, 0.15) is 23.2 Å². The maximum Gasteiger partial charge on any atom is 0.343 e. The van der Waals surface area contributed by atoms with Gasteiger partial charge in [0.05, 0.1) is 15.5 Å². The van der Waals surface area contributed by atoms with Gasteiger partial charge in [-0.1, -0.05) is 27.5 Å². The highest BCUT2D eigenvalue weighted by Crippen LogP contribution is 2.33. The molecule has 6 nitrogen and oxygen atoms in total. The molecule has 3 rings (SSSR count). The first-order valence-electron chi connectivity index (χ1n) is 7.66. The number of ether oxygens (including phenoxy) is 1. The van der Waals surface area contributed by atoms with E-state index in [1.54, 1.807) is 24.3 Å². The van der Waals surface area contributed by atoms with Gasteiger partial charge in [0.25, 0.3) is 5.69 Å². The lowest BCUT2D eigenvalue weighted by atomic mass is 10.1. The Morgan fingerprint density at radius 1 is 1.20 bits per heavy atom. The van der Waals surface area contributed by atoms with Crippen LogP contribution in [-0.4, -0.2) is 24.0 Å². The monoisotopic (exact) mass is 424 g/mol. The van der Waals surface area contributed by atoms with Crippen molar-refractivity contribution in [2.45, 2.75) is 12.8 Å². The van der Waals surface area contributed by atoms with Crippen molar-refractivity contribution >= 4 is 44.9 Å². The molecule has 25 heavy (non-hydrogen) atoms. The molecule has 2 aromatic rings. The van der Waals surface area contributed by atoms with Crippen LogP contribution >= 0.6 is 27.5 Å². The summed E-state index contributed by atoms with van der Waals surface area (Å²) in [5.41, 5.74) is 0.535. The molecule has 8 heteroatoms. The van der Waals surface area contributed by atoms with Crippen molar-refractivity contribution < 1.29 is 14.5 Å². The number of nitro benzene ring substituents is 1. The molecule has 1 aliphatic rings. The van der Waals surface area contributed by atoms with Crippen LogP contribution < -0.4 is 9.64 Å². The SMILES string of the molecule is O=C(Oc1ccc(Br)cc1Cl)c1ccc(N2CCCC2)c([N+](=O)[O-])c1. The van der Waals surface area contributed by atoms with Crippen LogP contribution in [-0.2, 0) is 0 Å². The average molecular weight is 426 g/mol. The molecular weight excluding hydrogens is 412 g/mol. The summed E-state index contributed by atoms with van der Waals surface area (Å²) < 4.78 is 6.01. The van der Waals surface area contributed by atoms with E-state index >= 15 is 0 Å². The number of rotatable bonds is 4. The van der Waals surface area contributed by atoms with Gasteiger partial charge in [0, 0.05) is 23.6 Å². The topological polar surface area (TPSA) is 72.7 Å². The summed E-state index contributed by atoms with van der Waals surface area (Å²) in [4.78, 5) is 25.2. The summed E-state index contributed by atoms with van der Waals surface area (Å²) in [6, 6.07) is 9.23. The Morgan fingerprint density at radius 3 is 2.56 bits per heavy atom. The second-order valence-electron chi connectivity index (χ2n) is 5.62. The van der Waals surface area contributed by atoms with Crippen LogP contribution in [0.3, 0.4) is 0 Å². The molecule has 0 spiro atoms. The third kappa shape index (κ3) is 3.93. The van der Waals surface area contributed by atoms with Crippen molar-refractivity contribution in [1.29, 1.82) is 0 Å². The molecule has 1 saturated heterocycles. The molecule has 1 heterocycles. The Labute approximate surface area is 157 Å². The minimum atomic E-state index is -0.694. The van der Waals surface area contributed by atoms with E-state index in [4.69, 9.17) is 16.3 Å². The smallest absolute Gasteiger partial charge is 0.343 e. The molecule has 0 aromatic heterocycles. The van der Waals surface area contributed by atoms with Gasteiger partial charge in [-0.05, 0) is 43.2 Å². The van der Waals surface area contributed by atoms with Gasteiger partial charge in [-0.25, -0.2) is 4.79 Å². The molecular formula is C17H14BrClN2O4. The molecule has 0 N–H and O–H groups in total. The summed E-state index contributed by atoms with van der Waals surface area (Å²) in [5.74, 6) is -0.499. The van der Waals surface area contributed by atoms with Crippen molar-refractivity contribution in [3.63, 3.8) is 0 Å². The first-order valence-corrected chi connectivity index (χ1v) is 8.83. The number of nitro groups is 1. The number of hydrogen-bond acceptors (Lipinski definition) is 5. The fourth-order valence-corrected chi connectivity index (χ4v) is 3.45. The summed E-state index contributed by atoms with van der Waals surface area (Å²) in [6.45, 7) is 1.55. The summed E-state index contributed by atoms with van der Waals surface area (Å²) >= 11 is 9.30. The Bertz CT molecular complexity index is 837. The zero-order chi connectivity index (χ0) is 18.0. The normalized spacial score (nSPS) is 13.8. The quantitative estimate of drug-likeness (QED) is 0.304. The van der Waals surface area contributed by atoms with Crippen molar-refractivity contribution in [1.82, 2.24) is 0 Å². The zero-order valence-corrected chi connectivity index (χ0v) is 15.4. The zero-order valence-electron chi connectivity index (χ0n) is 13.1. The van der Waals surface area contributed by atoms with E-state index in [-0.39, 0.29) is 22.0 Å². The highest BCUT2D eigenvalue weighted by molar-refractivity contribution is 9.10. The lowest BCUT2D eigenvalue weighted by molar-refractivity contribution is -0.384. The summed E-state index contributed by atoms with van der Waals surface area (Å²) in [7, 11) is 0. The molecule has 1 fully saturated rings. The van der Waals surface area contributed by atoms with E-state index in [9.17, 15) is 14.9 Å². The molecule has 0 amide bonds. The number of carbonyl (C=O) groups excluding carboxylic acids is 1. The van der Waals surface area contributed by atoms with Gasteiger partial charge < -0.3 is 9.64 Å². The van der Waals surface area contributed by atoms with Crippen LogP contribution in [0.5, 0.6) is 5.75 Å². The first kappa shape index (κ1) is 17.7. The Kier molecular flexibility index (Phi) is 5.24. The third-order valence-corrected chi connectivity index (χ3v) is 4.74. The molecule has 130 valence electrons. The fraction of sp³-hybridized carbons (Fsp3) is 0.235. The molecule has 0 bridgehead atoms. The van der Waals surface area contributed by atoms with Gasteiger partial charge >= 0.3 is 5.97 Å². The number of benzene rings is 2. The van der Waals surface area contributed by atoms with Crippen LogP contribution in [0, 0.1) is 10.1 Å². The maximum atomic E-state index is 12.3. The van der Waals surface area contributed by atoms with E-state index in [1.165, 1.54) is 12.1 Å². The molecule has 0 aliphatic carbocycles. The van der Waals surface area contributed by atoms with Crippen molar-refractivity contribution in [3.8, 4) is 5.75 Å². The average Bonchev–Trinajstić information content (AvgIpc) is 3.11. The molecule has 0 saturated carbocycles. The van der Waals surface area contributed by atoms with Crippen LogP contribution in [0.15, 0.2) is 40.9 Å². The molecule has 0 radical (unpaired) electrons. The lowest BCUT2D eigenvalue weighted by Crippen LogP contribution is -2.19. The Morgan fingerprint density at radius 2 is 1.92 bits per heavy atom. The lowest BCUT2D eigenvalue weighted by Gasteiger charge is -2.17. The van der Waals surface area contributed by atoms with Gasteiger partial charge in [0.15, 0.2) is 0 Å². The minimum Gasteiger partial charge on any atom is -0.421 e. The molecule has 2 aromatic carbocycles. The number of esters is 1. The predicted molar refractivity (Wildman–Crippen MR) is 98.7 cm³/mol. The van der Waals surface area contributed by atoms with Crippen LogP contribution in [0.25, 0.3) is 0 Å². The van der Waals surface area contributed by atoms with Gasteiger partial charge in [-0.2, -0.15) is 0 Å². The van der Waals surface area contributed by atoms with Crippen molar-refractivity contribution in [3.05, 3.63) is 61.6 Å². The van der Waals surface area contributed by atoms with Gasteiger partial charge in [0.1, 0.15) is 11.4 Å². The van der Waals surface area contributed by atoms with E-state index in [1.807, 2.05) is 4.90 Å². The van der Waals surface area contributed by atoms with Crippen LogP contribution in [0.2, 0.25) is 5.02 Å². The second kappa shape index (κ2) is 7.41. The Hall–Kier alpha value is -2.12. The number of anilines is 1. The predicted octanol–water partition coefficient (Wildman–Crippen LogP) is 4.83. The highest BCUT2D eigenvalue weighted by atomic mass is 79.9. The fourth-order valence-electron chi connectivity index (χ4n) is 2.74. The first-order chi connectivity index (χ1) is 12.0. The number of hydrogen-bond donors (Lipinski definition) is 0. The van der Waals surface area contributed by atoms with Gasteiger partial charge in [-0.3, -0.25) is 10.1 Å². The van der Waals surface area contributed by atoms with Crippen molar-refractivity contribution in [2.75, 3.05) is 18.0 Å². The van der Waals surface area contributed by atoms with E-state index in [0.717, 1.165) is 30.4 Å². The van der Waals surface area contributed by atoms with Crippen molar-refractivity contribution in [2.24, 2.45) is 0 Å². The molecule has 0 atom stereocenters. The highest BCUT2D eigenvalue weighted by Gasteiger charge is 2.24. The van der Waals surface area contributed by atoms with Crippen LogP contribution in [0.4, 0.5) is 11.4 Å². The Balaban J connectivity index is 1.87. The van der Waals surface area contributed by atoms with E-state index in [0.29, 0.717) is 5.69 Å². The standard InChI is InChI=1S/C17H14BrClN2O4/c18-12-4-6-16(13(19)10-12)25-17(22)11-3-5-14(15(9-11)21(23)24)20-7-1-2-8-20/h3-6,9-10H,1-2,7-8H2. The molecule has 1 aliphatic heterocycles. The largest absolute Gasteiger partial charge is 0.421 e. The second-order valence-corrected chi connectivity index (χ2v) is 6.94. The number of nitrogens with zero attached hydrogens (tertiary/aromatic N) is 2. The number of carbonyl (C=O) groups is 1. The van der Waals surface area contributed by atoms with E-state index in [2.05, 4.69) is 15.9 Å². The summed E-state index contributed by atoms with van der Waals surface area (Å²) in [6.07, 6.45) is 2.01. The van der Waals surface area contributed by atoms with Gasteiger partial charge in [-0.15, -0.1) is 0 Å². The van der Waals surface area contributed by atoms with E-state index < -0.39 is 10.9 Å².